The van der Waals surface area contributed by atoms with Gasteiger partial charge in [0.25, 0.3) is 0 Å². The van der Waals surface area contributed by atoms with E-state index in [0.717, 1.165) is 6.07 Å². The van der Waals surface area contributed by atoms with Crippen molar-refractivity contribution < 1.29 is 24.1 Å². The number of phenolic OH excluding ortho intramolecular Hbond substituents is 2. The van der Waals surface area contributed by atoms with Crippen molar-refractivity contribution in [3.63, 3.8) is 0 Å². The molecule has 4 N–H and O–H groups in total. The predicted molar refractivity (Wildman–Crippen MR) is 111 cm³/mol. The van der Waals surface area contributed by atoms with Crippen molar-refractivity contribution in [3.8, 4) is 34.3 Å². The predicted octanol–water partition coefficient (Wildman–Crippen LogP) is 3.56. The highest BCUT2D eigenvalue weighted by atomic mass is 16.5. The minimum atomic E-state index is -0.523. The highest BCUT2D eigenvalue weighted by molar-refractivity contribution is 5.91. The lowest BCUT2D eigenvalue weighted by molar-refractivity contribution is 0.395. The number of hydrogen-bond donors (Lipinski definition) is 3. The summed E-state index contributed by atoms with van der Waals surface area (Å²) in [5.41, 5.74) is 6.18. The third kappa shape index (κ3) is 4.00. The monoisotopic (exact) mass is 399 g/mol. The Kier molecular flexibility index (Phi) is 5.44. The molecule has 7 heteroatoms. The van der Waals surface area contributed by atoms with Crippen molar-refractivity contribution in [1.82, 2.24) is 0 Å². The van der Waals surface area contributed by atoms with Gasteiger partial charge in [-0.25, -0.2) is 0 Å². The van der Waals surface area contributed by atoms with Crippen LogP contribution < -0.4 is 20.6 Å². The zero-order valence-electron chi connectivity index (χ0n) is 16.9. The molecule has 0 unspecified atom stereocenters. The average molecular weight is 399 g/mol. The molecule has 0 saturated heterocycles. The van der Waals surface area contributed by atoms with Crippen molar-refractivity contribution in [2.75, 3.05) is 14.2 Å². The molecule has 0 bridgehead atoms. The number of benzene rings is 2. The number of fused-ring (bicyclic) bond motifs is 1. The highest BCUT2D eigenvalue weighted by Crippen LogP contribution is 2.39. The zero-order valence-corrected chi connectivity index (χ0v) is 16.9. The average Bonchev–Trinajstić information content (AvgIpc) is 2.66. The molecular weight excluding hydrogens is 374 g/mol. The van der Waals surface area contributed by atoms with Gasteiger partial charge in [0, 0.05) is 22.7 Å². The molecule has 154 valence electrons. The molecule has 0 radical (unpaired) electrons. The van der Waals surface area contributed by atoms with Crippen molar-refractivity contribution in [1.29, 1.82) is 0 Å². The van der Waals surface area contributed by atoms with E-state index >= 15 is 0 Å². The van der Waals surface area contributed by atoms with Crippen LogP contribution in [0.1, 0.15) is 25.8 Å². The van der Waals surface area contributed by atoms with Gasteiger partial charge in [-0.05, 0) is 51.0 Å². The van der Waals surface area contributed by atoms with Crippen LogP contribution in [0.3, 0.4) is 0 Å². The Labute approximate surface area is 168 Å². The van der Waals surface area contributed by atoms with E-state index in [1.807, 2.05) is 13.8 Å². The maximum absolute atomic E-state index is 13.1. The van der Waals surface area contributed by atoms with E-state index in [2.05, 4.69) is 0 Å². The van der Waals surface area contributed by atoms with Gasteiger partial charge in [0.15, 0.2) is 5.76 Å². The Morgan fingerprint density at radius 3 is 2.28 bits per heavy atom. The Morgan fingerprint density at radius 1 is 1.07 bits per heavy atom. The van der Waals surface area contributed by atoms with E-state index < -0.39 is 11.0 Å². The summed E-state index contributed by atoms with van der Waals surface area (Å²) in [6.07, 6.45) is 0.900. The molecule has 0 atom stereocenters. The molecule has 29 heavy (non-hydrogen) atoms. The summed E-state index contributed by atoms with van der Waals surface area (Å²) in [5, 5.41) is 20.7. The van der Waals surface area contributed by atoms with Crippen molar-refractivity contribution in [2.24, 2.45) is 5.73 Å². The van der Waals surface area contributed by atoms with E-state index in [9.17, 15) is 15.0 Å². The van der Waals surface area contributed by atoms with Gasteiger partial charge in [-0.3, -0.25) is 4.79 Å². The van der Waals surface area contributed by atoms with Gasteiger partial charge in [-0.2, -0.15) is 0 Å². The first-order chi connectivity index (χ1) is 13.7. The van der Waals surface area contributed by atoms with E-state index in [1.165, 1.54) is 7.11 Å². The second kappa shape index (κ2) is 7.67. The first-order valence-corrected chi connectivity index (χ1v) is 9.18. The molecule has 0 aliphatic heterocycles. The molecule has 0 amide bonds. The topological polar surface area (TPSA) is 115 Å². The van der Waals surface area contributed by atoms with Gasteiger partial charge in [0.05, 0.1) is 14.2 Å². The molecule has 1 aromatic heterocycles. The number of methoxy groups -OCH3 is 2. The number of aromatic hydroxyl groups is 2. The van der Waals surface area contributed by atoms with E-state index in [1.54, 1.807) is 31.4 Å². The SMILES string of the molecule is COc1ccc(-c2oc3c(CCC(C)(C)N)c(O)cc(O)c3c(=O)c2OC)cc1. The van der Waals surface area contributed by atoms with Crippen LogP contribution in [0, 0.1) is 0 Å². The van der Waals surface area contributed by atoms with Crippen LogP contribution in [0.4, 0.5) is 0 Å². The summed E-state index contributed by atoms with van der Waals surface area (Å²) in [6, 6.07) is 8.08. The molecule has 0 aliphatic carbocycles. The van der Waals surface area contributed by atoms with Crippen LogP contribution >= 0.6 is 0 Å². The van der Waals surface area contributed by atoms with Crippen LogP contribution in [0.2, 0.25) is 0 Å². The standard InChI is InChI=1S/C22H25NO6/c1-22(2,23)10-9-14-15(24)11-16(25)17-18(26)21(28-4)19(29-20(14)17)12-5-7-13(27-3)8-6-12/h5-8,11,24-25H,9-10,23H2,1-4H3. The third-order valence-electron chi connectivity index (χ3n) is 4.76. The molecule has 3 aromatic rings. The van der Waals surface area contributed by atoms with Crippen LogP contribution in [0.15, 0.2) is 39.5 Å². The van der Waals surface area contributed by atoms with Crippen molar-refractivity contribution in [2.45, 2.75) is 32.2 Å². The second-order valence-corrected chi connectivity index (χ2v) is 7.61. The van der Waals surface area contributed by atoms with Crippen LogP contribution in [0.5, 0.6) is 23.0 Å². The number of nitrogens with two attached hydrogens (primary N) is 1. The fraction of sp³-hybridized carbons (Fsp3) is 0.318. The number of hydrogen-bond acceptors (Lipinski definition) is 7. The van der Waals surface area contributed by atoms with E-state index in [4.69, 9.17) is 19.6 Å². The fourth-order valence-corrected chi connectivity index (χ4v) is 3.18. The largest absolute Gasteiger partial charge is 0.507 e. The summed E-state index contributed by atoms with van der Waals surface area (Å²) < 4.78 is 16.5. The molecular formula is C22H25NO6. The second-order valence-electron chi connectivity index (χ2n) is 7.61. The Hall–Kier alpha value is -3.19. The van der Waals surface area contributed by atoms with Gasteiger partial charge >= 0.3 is 0 Å². The number of aryl methyl sites for hydroxylation is 1. The number of phenols is 2. The minimum Gasteiger partial charge on any atom is -0.507 e. The smallest absolute Gasteiger partial charge is 0.239 e. The van der Waals surface area contributed by atoms with Gasteiger partial charge < -0.3 is 29.8 Å². The molecule has 0 fully saturated rings. The highest BCUT2D eigenvalue weighted by Gasteiger charge is 2.24. The first-order valence-electron chi connectivity index (χ1n) is 9.18. The molecule has 1 heterocycles. The van der Waals surface area contributed by atoms with E-state index in [0.29, 0.717) is 29.7 Å². The normalized spacial score (nSPS) is 11.6. The van der Waals surface area contributed by atoms with Gasteiger partial charge in [-0.15, -0.1) is 0 Å². The Balaban J connectivity index is 2.31. The van der Waals surface area contributed by atoms with Crippen molar-refractivity contribution in [3.05, 3.63) is 46.1 Å². The summed E-state index contributed by atoms with van der Waals surface area (Å²) >= 11 is 0. The zero-order chi connectivity index (χ0) is 21.3. The van der Waals surface area contributed by atoms with Crippen LogP contribution in [-0.2, 0) is 6.42 Å². The fourth-order valence-electron chi connectivity index (χ4n) is 3.18. The lowest BCUT2D eigenvalue weighted by Crippen LogP contribution is -2.32. The summed E-state index contributed by atoms with van der Waals surface area (Å²) in [4.78, 5) is 13.1. The van der Waals surface area contributed by atoms with Crippen molar-refractivity contribution >= 4 is 11.0 Å². The third-order valence-corrected chi connectivity index (χ3v) is 4.76. The Morgan fingerprint density at radius 2 is 1.72 bits per heavy atom. The molecule has 7 nitrogen and oxygen atoms in total. The maximum atomic E-state index is 13.1. The maximum Gasteiger partial charge on any atom is 0.239 e. The molecule has 3 rings (SSSR count). The Bertz CT molecular complexity index is 1090. The quantitative estimate of drug-likeness (QED) is 0.580. The van der Waals surface area contributed by atoms with Gasteiger partial charge in [0.1, 0.15) is 28.2 Å². The minimum absolute atomic E-state index is 0.0336. The lowest BCUT2D eigenvalue weighted by atomic mass is 9.94. The number of ether oxygens (including phenoxy) is 2. The number of rotatable bonds is 6. The van der Waals surface area contributed by atoms with Gasteiger partial charge in [-0.1, -0.05) is 0 Å². The molecule has 0 aliphatic rings. The van der Waals surface area contributed by atoms with Crippen LogP contribution in [0.25, 0.3) is 22.3 Å². The lowest BCUT2D eigenvalue weighted by Gasteiger charge is -2.19. The first kappa shape index (κ1) is 20.5. The van der Waals surface area contributed by atoms with Gasteiger partial charge in [0.2, 0.25) is 11.2 Å². The summed E-state index contributed by atoms with van der Waals surface area (Å²) in [6.45, 7) is 3.74. The molecule has 0 saturated carbocycles. The van der Waals surface area contributed by atoms with E-state index in [-0.39, 0.29) is 34.0 Å². The summed E-state index contributed by atoms with van der Waals surface area (Å²) in [7, 11) is 2.92. The molecule has 2 aromatic carbocycles. The van der Waals surface area contributed by atoms with Crippen LogP contribution in [-0.4, -0.2) is 30.0 Å². The summed E-state index contributed by atoms with van der Waals surface area (Å²) in [5.74, 6) is 0.284. The molecule has 0 spiro atoms.